The lowest BCUT2D eigenvalue weighted by molar-refractivity contribution is 0.0994. The molecule has 0 unspecified atom stereocenters. The third-order valence-electron chi connectivity index (χ3n) is 6.27. The van der Waals surface area contributed by atoms with Crippen molar-refractivity contribution in [3.05, 3.63) is 95.1 Å². The number of likely N-dealkylation sites (N-methyl/N-ethyl adjacent to an activating group) is 1. The summed E-state index contributed by atoms with van der Waals surface area (Å²) in [6, 6.07) is 22.1. The average Bonchev–Trinajstić information content (AvgIpc) is 2.89. The third kappa shape index (κ3) is 6.68. The predicted octanol–water partition coefficient (Wildman–Crippen LogP) is 3.75. The third-order valence-corrected chi connectivity index (χ3v) is 6.27. The Labute approximate surface area is 206 Å². The second kappa shape index (κ2) is 11.6. The normalized spacial score (nSPS) is 14.4. The van der Waals surface area contributed by atoms with Crippen LogP contribution in [0.3, 0.4) is 0 Å². The van der Waals surface area contributed by atoms with Crippen LogP contribution in [-0.2, 0) is 13.2 Å². The SMILES string of the molecule is CCN1CCN(Cc2ccc(NC(=O)c3cccc(COc4ccccc4C(N)=O)c3)cc2)CC1. The minimum Gasteiger partial charge on any atom is -0.488 e. The lowest BCUT2D eigenvalue weighted by atomic mass is 10.1. The molecular formula is C28H32N4O3. The first kappa shape index (κ1) is 24.4. The first-order chi connectivity index (χ1) is 17.0. The van der Waals surface area contributed by atoms with Gasteiger partial charge in [-0.25, -0.2) is 0 Å². The van der Waals surface area contributed by atoms with Gasteiger partial charge in [-0.1, -0.05) is 43.3 Å². The van der Waals surface area contributed by atoms with Crippen molar-refractivity contribution in [3.63, 3.8) is 0 Å². The summed E-state index contributed by atoms with van der Waals surface area (Å²) in [5, 5.41) is 2.97. The number of para-hydroxylation sites is 1. The van der Waals surface area contributed by atoms with E-state index in [0.29, 0.717) is 16.9 Å². The molecule has 3 aromatic rings. The largest absolute Gasteiger partial charge is 0.488 e. The number of hydrogen-bond acceptors (Lipinski definition) is 5. The maximum Gasteiger partial charge on any atom is 0.255 e. The molecule has 35 heavy (non-hydrogen) atoms. The summed E-state index contributed by atoms with van der Waals surface area (Å²) in [5.41, 5.74) is 9.08. The summed E-state index contributed by atoms with van der Waals surface area (Å²) in [6.07, 6.45) is 0. The van der Waals surface area contributed by atoms with Gasteiger partial charge >= 0.3 is 0 Å². The molecule has 2 amide bonds. The topological polar surface area (TPSA) is 87.9 Å². The van der Waals surface area contributed by atoms with Gasteiger partial charge in [0.05, 0.1) is 5.56 Å². The number of primary amides is 1. The van der Waals surface area contributed by atoms with Gasteiger partial charge in [0.25, 0.3) is 11.8 Å². The molecule has 1 heterocycles. The second-order valence-corrected chi connectivity index (χ2v) is 8.71. The zero-order valence-electron chi connectivity index (χ0n) is 20.1. The molecule has 7 heteroatoms. The Balaban J connectivity index is 1.32. The zero-order chi connectivity index (χ0) is 24.6. The highest BCUT2D eigenvalue weighted by Crippen LogP contribution is 2.20. The van der Waals surface area contributed by atoms with Crippen molar-refractivity contribution in [2.45, 2.75) is 20.1 Å². The number of hydrogen-bond donors (Lipinski definition) is 2. The molecule has 0 aromatic heterocycles. The average molecular weight is 473 g/mol. The van der Waals surface area contributed by atoms with Crippen molar-refractivity contribution in [2.24, 2.45) is 5.73 Å². The lowest BCUT2D eigenvalue weighted by Crippen LogP contribution is -2.45. The van der Waals surface area contributed by atoms with E-state index in [2.05, 4.69) is 34.2 Å². The van der Waals surface area contributed by atoms with Crippen molar-refractivity contribution < 1.29 is 14.3 Å². The van der Waals surface area contributed by atoms with Crippen molar-refractivity contribution >= 4 is 17.5 Å². The van der Waals surface area contributed by atoms with Crippen LogP contribution >= 0.6 is 0 Å². The highest BCUT2D eigenvalue weighted by atomic mass is 16.5. The summed E-state index contributed by atoms with van der Waals surface area (Å²) in [4.78, 5) is 29.3. The van der Waals surface area contributed by atoms with Crippen LogP contribution in [0.5, 0.6) is 5.75 Å². The van der Waals surface area contributed by atoms with E-state index in [0.717, 1.165) is 50.5 Å². The number of nitrogens with two attached hydrogens (primary N) is 1. The maximum absolute atomic E-state index is 12.8. The van der Waals surface area contributed by atoms with Gasteiger partial charge in [-0.2, -0.15) is 0 Å². The Bertz CT molecular complexity index is 1150. The number of anilines is 1. The molecule has 0 atom stereocenters. The van der Waals surface area contributed by atoms with Crippen molar-refractivity contribution in [1.29, 1.82) is 0 Å². The predicted molar refractivity (Wildman–Crippen MR) is 138 cm³/mol. The molecule has 7 nitrogen and oxygen atoms in total. The number of amides is 2. The molecule has 0 spiro atoms. The molecule has 0 saturated carbocycles. The monoisotopic (exact) mass is 472 g/mol. The smallest absolute Gasteiger partial charge is 0.255 e. The fourth-order valence-corrected chi connectivity index (χ4v) is 4.18. The van der Waals surface area contributed by atoms with Gasteiger partial charge in [0.1, 0.15) is 12.4 Å². The highest BCUT2D eigenvalue weighted by molar-refractivity contribution is 6.04. The number of carbonyl (C=O) groups is 2. The first-order valence-corrected chi connectivity index (χ1v) is 12.0. The number of benzene rings is 3. The molecule has 1 aliphatic heterocycles. The lowest BCUT2D eigenvalue weighted by Gasteiger charge is -2.34. The maximum atomic E-state index is 12.8. The molecule has 3 aromatic carbocycles. The minimum absolute atomic E-state index is 0.187. The van der Waals surface area contributed by atoms with Crippen LogP contribution in [0.15, 0.2) is 72.8 Å². The number of carbonyl (C=O) groups excluding carboxylic acids is 2. The van der Waals surface area contributed by atoms with Gasteiger partial charge in [0.15, 0.2) is 0 Å². The summed E-state index contributed by atoms with van der Waals surface area (Å²) >= 11 is 0. The van der Waals surface area contributed by atoms with Gasteiger partial charge in [0, 0.05) is 44.0 Å². The summed E-state index contributed by atoms with van der Waals surface area (Å²) in [7, 11) is 0. The van der Waals surface area contributed by atoms with Gasteiger partial charge in [0.2, 0.25) is 0 Å². The Morgan fingerprint density at radius 3 is 2.31 bits per heavy atom. The van der Waals surface area contributed by atoms with Crippen LogP contribution in [0.2, 0.25) is 0 Å². The van der Waals surface area contributed by atoms with Gasteiger partial charge < -0.3 is 20.7 Å². The Kier molecular flexibility index (Phi) is 8.13. The van der Waals surface area contributed by atoms with E-state index in [9.17, 15) is 9.59 Å². The summed E-state index contributed by atoms with van der Waals surface area (Å²) in [6.45, 7) is 8.86. The van der Waals surface area contributed by atoms with Crippen molar-refractivity contribution in [1.82, 2.24) is 9.80 Å². The number of piperazine rings is 1. The number of rotatable bonds is 9. The van der Waals surface area contributed by atoms with Crippen molar-refractivity contribution in [2.75, 3.05) is 38.0 Å². The van der Waals surface area contributed by atoms with Gasteiger partial charge in [-0.05, 0) is 54.1 Å². The number of ether oxygens (including phenoxy) is 1. The van der Waals surface area contributed by atoms with E-state index in [1.54, 1.807) is 36.4 Å². The van der Waals surface area contributed by atoms with E-state index in [1.165, 1.54) is 5.56 Å². The molecular weight excluding hydrogens is 440 g/mol. The Morgan fingerprint density at radius 1 is 0.886 bits per heavy atom. The summed E-state index contributed by atoms with van der Waals surface area (Å²) in [5.74, 6) is -0.311. The van der Waals surface area contributed by atoms with E-state index in [4.69, 9.17) is 10.5 Å². The molecule has 0 aliphatic carbocycles. The van der Waals surface area contributed by atoms with E-state index < -0.39 is 5.91 Å². The Morgan fingerprint density at radius 2 is 1.60 bits per heavy atom. The fourth-order valence-electron chi connectivity index (χ4n) is 4.18. The minimum atomic E-state index is -0.543. The molecule has 3 N–H and O–H groups in total. The fraction of sp³-hybridized carbons (Fsp3) is 0.286. The van der Waals surface area contributed by atoms with Crippen LogP contribution in [0.4, 0.5) is 5.69 Å². The zero-order valence-corrected chi connectivity index (χ0v) is 20.1. The van der Waals surface area contributed by atoms with Crippen LogP contribution in [0, 0.1) is 0 Å². The number of nitrogens with zero attached hydrogens (tertiary/aromatic N) is 2. The Hall–Kier alpha value is -3.68. The number of nitrogens with one attached hydrogen (secondary N) is 1. The first-order valence-electron chi connectivity index (χ1n) is 12.0. The van der Waals surface area contributed by atoms with Crippen LogP contribution in [0.1, 0.15) is 38.8 Å². The van der Waals surface area contributed by atoms with Gasteiger partial charge in [-0.3, -0.25) is 14.5 Å². The molecule has 1 saturated heterocycles. The van der Waals surface area contributed by atoms with E-state index in [-0.39, 0.29) is 12.5 Å². The van der Waals surface area contributed by atoms with Crippen LogP contribution in [0.25, 0.3) is 0 Å². The molecule has 0 bridgehead atoms. The molecule has 1 fully saturated rings. The highest BCUT2D eigenvalue weighted by Gasteiger charge is 2.15. The van der Waals surface area contributed by atoms with Crippen molar-refractivity contribution in [3.8, 4) is 5.75 Å². The molecule has 1 aliphatic rings. The van der Waals surface area contributed by atoms with E-state index in [1.807, 2.05) is 24.3 Å². The van der Waals surface area contributed by atoms with Crippen LogP contribution < -0.4 is 15.8 Å². The molecule has 4 rings (SSSR count). The molecule has 0 radical (unpaired) electrons. The quantitative estimate of drug-likeness (QED) is 0.495. The van der Waals surface area contributed by atoms with E-state index >= 15 is 0 Å². The standard InChI is InChI=1S/C28H32N4O3/c1-2-31-14-16-32(17-15-31)19-21-10-12-24(13-11-21)30-28(34)23-7-5-6-22(18-23)20-35-26-9-4-3-8-25(26)27(29)33/h3-13,18H,2,14-17,19-20H2,1H3,(H2,29,33)(H,30,34). The van der Waals surface area contributed by atoms with Crippen LogP contribution in [-0.4, -0.2) is 54.3 Å². The summed E-state index contributed by atoms with van der Waals surface area (Å²) < 4.78 is 5.79. The van der Waals surface area contributed by atoms with Gasteiger partial charge in [-0.15, -0.1) is 0 Å². The second-order valence-electron chi connectivity index (χ2n) is 8.71. The molecule has 182 valence electrons.